The van der Waals surface area contributed by atoms with Crippen molar-refractivity contribution in [2.45, 2.75) is 45.7 Å². The van der Waals surface area contributed by atoms with E-state index >= 15 is 0 Å². The van der Waals surface area contributed by atoms with Gasteiger partial charge in [-0.2, -0.15) is 0 Å². The van der Waals surface area contributed by atoms with E-state index in [1.54, 1.807) is 0 Å². The van der Waals surface area contributed by atoms with Gasteiger partial charge in [-0.05, 0) is 57.0 Å². The summed E-state index contributed by atoms with van der Waals surface area (Å²) in [5.74, 6) is -0.287. The molecule has 2 heterocycles. The Morgan fingerprint density at radius 3 is 2.42 bits per heavy atom. The molecule has 0 bridgehead atoms. The van der Waals surface area contributed by atoms with Crippen molar-refractivity contribution in [1.29, 1.82) is 0 Å². The summed E-state index contributed by atoms with van der Waals surface area (Å²) in [6.45, 7) is 5.74. The van der Waals surface area contributed by atoms with Crippen LogP contribution < -0.4 is 10.2 Å². The van der Waals surface area contributed by atoms with E-state index in [-0.39, 0.29) is 30.1 Å². The van der Waals surface area contributed by atoms with Gasteiger partial charge >= 0.3 is 0 Å². The maximum Gasteiger partial charge on any atom is 0.251 e. The number of imide groups is 1. The zero-order valence-electron chi connectivity index (χ0n) is 18.1. The van der Waals surface area contributed by atoms with Crippen LogP contribution in [0.2, 0.25) is 0 Å². The van der Waals surface area contributed by atoms with Gasteiger partial charge in [0.25, 0.3) is 5.91 Å². The summed E-state index contributed by atoms with van der Waals surface area (Å²) < 4.78 is 0. The fourth-order valence-electron chi connectivity index (χ4n) is 4.61. The minimum Gasteiger partial charge on any atom is -0.352 e. The first kappa shape index (κ1) is 21.2. The van der Waals surface area contributed by atoms with E-state index in [0.717, 1.165) is 16.7 Å². The van der Waals surface area contributed by atoms with Gasteiger partial charge in [-0.3, -0.25) is 19.3 Å². The normalized spacial score (nSPS) is 20.3. The summed E-state index contributed by atoms with van der Waals surface area (Å²) in [4.78, 5) is 41.8. The van der Waals surface area contributed by atoms with E-state index in [1.165, 1.54) is 4.90 Å². The second kappa shape index (κ2) is 9.02. The molecule has 3 amide bonds. The molecule has 0 unspecified atom stereocenters. The summed E-state index contributed by atoms with van der Waals surface area (Å²) in [7, 11) is 0. The second-order valence-electron chi connectivity index (χ2n) is 8.59. The van der Waals surface area contributed by atoms with Crippen LogP contribution in [0.1, 0.15) is 36.0 Å². The van der Waals surface area contributed by atoms with E-state index in [0.29, 0.717) is 38.2 Å². The van der Waals surface area contributed by atoms with Gasteiger partial charge in [0, 0.05) is 12.5 Å². The van der Waals surface area contributed by atoms with E-state index in [9.17, 15) is 14.4 Å². The lowest BCUT2D eigenvalue weighted by atomic mass is 9.94. The third kappa shape index (κ3) is 4.54. The van der Waals surface area contributed by atoms with Gasteiger partial charge in [-0.15, -0.1) is 0 Å². The first-order valence-corrected chi connectivity index (χ1v) is 10.9. The molecule has 1 N–H and O–H groups in total. The van der Waals surface area contributed by atoms with Gasteiger partial charge < -0.3 is 5.32 Å². The molecule has 2 aliphatic heterocycles. The van der Waals surface area contributed by atoms with Crippen molar-refractivity contribution in [3.63, 3.8) is 0 Å². The Balaban J connectivity index is 1.34. The Labute approximate surface area is 183 Å². The van der Waals surface area contributed by atoms with Crippen LogP contribution in [0.5, 0.6) is 0 Å². The molecule has 2 saturated heterocycles. The molecule has 0 aliphatic carbocycles. The number of hydrogen-bond acceptors (Lipinski definition) is 4. The number of nitrogens with one attached hydrogen (secondary N) is 1. The predicted octanol–water partition coefficient (Wildman–Crippen LogP) is 2.96. The van der Waals surface area contributed by atoms with Crippen LogP contribution >= 0.6 is 0 Å². The van der Waals surface area contributed by atoms with E-state index in [1.807, 2.05) is 62.4 Å². The van der Waals surface area contributed by atoms with Crippen LogP contribution in [0.3, 0.4) is 0 Å². The molecule has 1 atom stereocenters. The molecule has 0 aromatic heterocycles. The lowest BCUT2D eigenvalue weighted by Gasteiger charge is -2.34. The summed E-state index contributed by atoms with van der Waals surface area (Å²) in [6, 6.07) is 15.2. The van der Waals surface area contributed by atoms with E-state index in [4.69, 9.17) is 0 Å². The monoisotopic (exact) mass is 419 g/mol. The van der Waals surface area contributed by atoms with Crippen molar-refractivity contribution in [3.05, 3.63) is 65.2 Å². The van der Waals surface area contributed by atoms with Crippen molar-refractivity contribution in [2.75, 3.05) is 18.0 Å². The highest BCUT2D eigenvalue weighted by atomic mass is 16.2. The third-order valence-corrected chi connectivity index (χ3v) is 6.37. The number of nitrogens with zero attached hydrogens (tertiary/aromatic N) is 2. The van der Waals surface area contributed by atoms with Gasteiger partial charge in [0.05, 0.1) is 18.2 Å². The smallest absolute Gasteiger partial charge is 0.251 e. The van der Waals surface area contributed by atoms with Crippen molar-refractivity contribution in [3.8, 4) is 0 Å². The Morgan fingerprint density at radius 1 is 1.03 bits per heavy atom. The number of hydrogen-bond donors (Lipinski definition) is 1. The quantitative estimate of drug-likeness (QED) is 0.757. The molecule has 2 aromatic carbocycles. The number of amides is 3. The maximum atomic E-state index is 13.1. The molecule has 162 valence electrons. The van der Waals surface area contributed by atoms with E-state index in [2.05, 4.69) is 10.2 Å². The largest absolute Gasteiger partial charge is 0.352 e. The molecule has 2 aromatic rings. The highest BCUT2D eigenvalue weighted by Gasteiger charge is 2.44. The summed E-state index contributed by atoms with van der Waals surface area (Å²) in [5, 5.41) is 3.02. The average molecular weight is 420 g/mol. The molecule has 6 heteroatoms. The van der Waals surface area contributed by atoms with Crippen molar-refractivity contribution < 1.29 is 14.4 Å². The lowest BCUT2D eigenvalue weighted by molar-refractivity contribution is -0.127. The molecule has 0 radical (unpaired) electrons. The number of aryl methyl sites for hydroxylation is 2. The lowest BCUT2D eigenvalue weighted by Crippen LogP contribution is -2.48. The van der Waals surface area contributed by atoms with Gasteiger partial charge in [0.1, 0.15) is 0 Å². The van der Waals surface area contributed by atoms with Crippen molar-refractivity contribution in [1.82, 2.24) is 10.2 Å². The van der Waals surface area contributed by atoms with Crippen molar-refractivity contribution >= 4 is 23.4 Å². The number of carbonyl (C=O) groups is 3. The van der Waals surface area contributed by atoms with Gasteiger partial charge in [0.2, 0.25) is 11.8 Å². The Bertz CT molecular complexity index is 981. The molecule has 0 spiro atoms. The van der Waals surface area contributed by atoms with Crippen LogP contribution in [-0.2, 0) is 20.9 Å². The Hall–Kier alpha value is -2.99. The summed E-state index contributed by atoms with van der Waals surface area (Å²) in [6.07, 6.45) is 1.60. The minimum absolute atomic E-state index is 0.0531. The Kier molecular flexibility index (Phi) is 6.18. The van der Waals surface area contributed by atoms with Crippen LogP contribution in [0.15, 0.2) is 48.5 Å². The molecular formula is C25H29N3O3. The van der Waals surface area contributed by atoms with Crippen LogP contribution in [0, 0.1) is 19.8 Å². The summed E-state index contributed by atoms with van der Waals surface area (Å²) >= 11 is 0. The van der Waals surface area contributed by atoms with Crippen LogP contribution in [-0.4, -0.2) is 41.8 Å². The van der Waals surface area contributed by atoms with Gasteiger partial charge in [-0.25, -0.2) is 4.90 Å². The third-order valence-electron chi connectivity index (χ3n) is 6.37. The fraction of sp³-hybridized carbons (Fsp3) is 0.400. The number of piperidine rings is 1. The molecular weight excluding hydrogens is 390 g/mol. The number of carbonyl (C=O) groups excluding carboxylic acids is 3. The molecule has 31 heavy (non-hydrogen) atoms. The molecule has 0 saturated carbocycles. The molecule has 6 nitrogen and oxygen atoms in total. The number of anilines is 1. The maximum absolute atomic E-state index is 13.1. The molecule has 2 aliphatic rings. The highest BCUT2D eigenvalue weighted by molar-refractivity contribution is 6.22. The number of benzene rings is 2. The standard InChI is InChI=1S/C25H29N3O3/c1-17-8-9-21(18(2)14-17)28-23(29)15-22(25(28)31)27-12-10-20(11-13-27)24(30)26-16-19-6-4-3-5-7-19/h3-9,14,20,22H,10-13,15-16H2,1-2H3,(H,26,30)/t22-/m0/s1. The topological polar surface area (TPSA) is 69.7 Å². The zero-order chi connectivity index (χ0) is 22.0. The molecule has 2 fully saturated rings. The Morgan fingerprint density at radius 2 is 1.74 bits per heavy atom. The average Bonchev–Trinajstić information content (AvgIpc) is 3.07. The summed E-state index contributed by atoms with van der Waals surface area (Å²) in [5.41, 5.74) is 3.79. The zero-order valence-corrected chi connectivity index (χ0v) is 18.1. The molecule has 4 rings (SSSR count). The fourth-order valence-corrected chi connectivity index (χ4v) is 4.61. The minimum atomic E-state index is -0.429. The van der Waals surface area contributed by atoms with Gasteiger partial charge in [-0.1, -0.05) is 48.0 Å². The van der Waals surface area contributed by atoms with Gasteiger partial charge in [0.15, 0.2) is 0 Å². The SMILES string of the molecule is Cc1ccc(N2C(=O)C[C@H](N3CCC(C(=O)NCc4ccccc4)CC3)C2=O)c(C)c1. The highest BCUT2D eigenvalue weighted by Crippen LogP contribution is 2.31. The van der Waals surface area contributed by atoms with Crippen LogP contribution in [0.25, 0.3) is 0 Å². The van der Waals surface area contributed by atoms with E-state index < -0.39 is 6.04 Å². The number of likely N-dealkylation sites (tertiary alicyclic amines) is 1. The number of rotatable bonds is 5. The second-order valence-corrected chi connectivity index (χ2v) is 8.59. The first-order chi connectivity index (χ1) is 14.9. The van der Waals surface area contributed by atoms with Crippen LogP contribution in [0.4, 0.5) is 5.69 Å². The predicted molar refractivity (Wildman–Crippen MR) is 119 cm³/mol. The van der Waals surface area contributed by atoms with Crippen molar-refractivity contribution in [2.24, 2.45) is 5.92 Å². The first-order valence-electron chi connectivity index (χ1n) is 10.9.